The molecule has 0 bridgehead atoms. The zero-order chi connectivity index (χ0) is 21.4. The average molecular weight is 419 g/mol. The van der Waals surface area contributed by atoms with E-state index in [2.05, 4.69) is 15.3 Å². The summed E-state index contributed by atoms with van der Waals surface area (Å²) in [6.45, 7) is 2.02. The lowest BCUT2D eigenvalue weighted by Gasteiger charge is -2.10. The number of hydrogen-bond donors (Lipinski definition) is 3. The number of alkyl halides is 3. The zero-order valence-corrected chi connectivity index (χ0v) is 15.5. The highest BCUT2D eigenvalue weighted by Crippen LogP contribution is 2.25. The van der Waals surface area contributed by atoms with E-state index < -0.39 is 12.1 Å². The molecule has 1 aliphatic rings. The first-order chi connectivity index (χ1) is 13.7. The summed E-state index contributed by atoms with van der Waals surface area (Å²) in [4.78, 5) is 16.6. The molecule has 0 radical (unpaired) electrons. The number of benzene rings is 1. The van der Waals surface area contributed by atoms with E-state index in [0.717, 1.165) is 30.0 Å². The van der Waals surface area contributed by atoms with E-state index in [1.54, 1.807) is 25.4 Å². The Morgan fingerprint density at radius 2 is 1.93 bits per heavy atom. The first kappa shape index (κ1) is 22.8. The van der Waals surface area contributed by atoms with Gasteiger partial charge >= 0.3 is 12.1 Å². The minimum Gasteiger partial charge on any atom is -0.475 e. The monoisotopic (exact) mass is 419 g/mol. The van der Waals surface area contributed by atoms with Crippen molar-refractivity contribution in [3.8, 4) is 11.3 Å². The number of carboxylic acids is 1. The first-order valence-corrected chi connectivity index (χ1v) is 8.65. The molecule has 160 valence electrons. The fraction of sp³-hybridized carbons (Fsp3) is 0.444. The lowest BCUT2D eigenvalue weighted by molar-refractivity contribution is -0.192. The highest BCUT2D eigenvalue weighted by atomic mass is 19.4. The SMILES string of the molecule is COCCO[C@H]1CN[C@H](c2ncc(-c3ccc(F)cc3)[nH]2)C1.O=C(O)C(F)(F)F. The van der Waals surface area contributed by atoms with E-state index in [4.69, 9.17) is 19.4 Å². The molecule has 2 aromatic rings. The third-order valence-electron chi connectivity index (χ3n) is 4.05. The molecule has 0 aliphatic carbocycles. The van der Waals surface area contributed by atoms with Gasteiger partial charge in [-0.1, -0.05) is 0 Å². The molecule has 0 spiro atoms. The first-order valence-electron chi connectivity index (χ1n) is 8.65. The Morgan fingerprint density at radius 1 is 1.28 bits per heavy atom. The lowest BCUT2D eigenvalue weighted by Crippen LogP contribution is -2.21. The predicted octanol–water partition coefficient (Wildman–Crippen LogP) is 2.92. The van der Waals surface area contributed by atoms with Gasteiger partial charge in [-0.05, 0) is 36.2 Å². The number of rotatable bonds is 6. The van der Waals surface area contributed by atoms with Crippen LogP contribution in [-0.4, -0.2) is 60.2 Å². The van der Waals surface area contributed by atoms with E-state index >= 15 is 0 Å². The van der Waals surface area contributed by atoms with E-state index in [9.17, 15) is 17.6 Å². The Bertz CT molecular complexity index is 780. The Kier molecular flexibility index (Phi) is 8.11. The van der Waals surface area contributed by atoms with Crippen molar-refractivity contribution >= 4 is 5.97 Å². The van der Waals surface area contributed by atoms with E-state index in [0.29, 0.717) is 13.2 Å². The summed E-state index contributed by atoms with van der Waals surface area (Å²) < 4.78 is 55.4. The van der Waals surface area contributed by atoms with Gasteiger partial charge in [0, 0.05) is 13.7 Å². The molecule has 2 atom stereocenters. The second kappa shape index (κ2) is 10.3. The number of hydrogen-bond acceptors (Lipinski definition) is 5. The molecule has 3 N–H and O–H groups in total. The summed E-state index contributed by atoms with van der Waals surface area (Å²) in [6.07, 6.45) is -2.25. The molecular formula is C18H21F4N3O4. The smallest absolute Gasteiger partial charge is 0.475 e. The quantitative estimate of drug-likeness (QED) is 0.492. The molecule has 0 saturated carbocycles. The van der Waals surface area contributed by atoms with E-state index in [1.807, 2.05) is 0 Å². The molecule has 2 heterocycles. The number of H-pyrrole nitrogens is 1. The van der Waals surface area contributed by atoms with Gasteiger partial charge in [0.15, 0.2) is 0 Å². The Labute approximate surface area is 164 Å². The van der Waals surface area contributed by atoms with Crippen molar-refractivity contribution in [1.82, 2.24) is 15.3 Å². The van der Waals surface area contributed by atoms with Crippen molar-refractivity contribution in [2.75, 3.05) is 26.9 Å². The number of halogens is 4. The van der Waals surface area contributed by atoms with Crippen molar-refractivity contribution in [2.24, 2.45) is 0 Å². The molecule has 0 amide bonds. The van der Waals surface area contributed by atoms with Crippen LogP contribution in [0, 0.1) is 5.82 Å². The molecule has 3 rings (SSSR count). The van der Waals surface area contributed by atoms with Crippen LogP contribution in [0.4, 0.5) is 17.6 Å². The maximum Gasteiger partial charge on any atom is 0.490 e. The Hall–Kier alpha value is -2.50. The third-order valence-corrected chi connectivity index (χ3v) is 4.05. The van der Waals surface area contributed by atoms with Crippen molar-refractivity contribution in [2.45, 2.75) is 24.7 Å². The number of nitrogens with zero attached hydrogens (tertiary/aromatic N) is 1. The van der Waals surface area contributed by atoms with Crippen molar-refractivity contribution in [3.05, 3.63) is 42.1 Å². The Balaban J connectivity index is 0.000000370. The highest BCUT2D eigenvalue weighted by Gasteiger charge is 2.38. The number of ether oxygens (including phenoxy) is 2. The molecule has 1 aromatic carbocycles. The Morgan fingerprint density at radius 3 is 2.52 bits per heavy atom. The molecule has 1 aliphatic heterocycles. The van der Waals surface area contributed by atoms with Crippen LogP contribution in [0.5, 0.6) is 0 Å². The van der Waals surface area contributed by atoms with Crippen LogP contribution in [0.15, 0.2) is 30.5 Å². The van der Waals surface area contributed by atoms with Gasteiger partial charge in [-0.2, -0.15) is 13.2 Å². The number of carbonyl (C=O) groups is 1. The molecule has 0 unspecified atom stereocenters. The number of imidazole rings is 1. The van der Waals surface area contributed by atoms with Crippen LogP contribution in [0.3, 0.4) is 0 Å². The molecule has 11 heteroatoms. The van der Waals surface area contributed by atoms with Crippen LogP contribution in [0.2, 0.25) is 0 Å². The van der Waals surface area contributed by atoms with Gasteiger partial charge in [0.1, 0.15) is 11.6 Å². The summed E-state index contributed by atoms with van der Waals surface area (Å²) in [7, 11) is 1.67. The molecular weight excluding hydrogens is 398 g/mol. The van der Waals surface area contributed by atoms with E-state index in [-0.39, 0.29) is 18.0 Å². The lowest BCUT2D eigenvalue weighted by atomic mass is 10.1. The second-order valence-electron chi connectivity index (χ2n) is 6.17. The highest BCUT2D eigenvalue weighted by molar-refractivity contribution is 5.73. The predicted molar refractivity (Wildman–Crippen MR) is 94.6 cm³/mol. The second-order valence-corrected chi connectivity index (χ2v) is 6.17. The number of aromatic nitrogens is 2. The van der Waals surface area contributed by atoms with Crippen LogP contribution >= 0.6 is 0 Å². The van der Waals surface area contributed by atoms with Crippen LogP contribution in [-0.2, 0) is 14.3 Å². The minimum atomic E-state index is -5.08. The summed E-state index contributed by atoms with van der Waals surface area (Å²) >= 11 is 0. The van der Waals surface area contributed by atoms with E-state index in [1.165, 1.54) is 12.1 Å². The maximum atomic E-state index is 13.0. The summed E-state index contributed by atoms with van der Waals surface area (Å²) in [6, 6.07) is 6.53. The minimum absolute atomic E-state index is 0.154. The van der Waals surface area contributed by atoms with Gasteiger partial charge in [-0.25, -0.2) is 14.2 Å². The fourth-order valence-corrected chi connectivity index (χ4v) is 2.63. The summed E-state index contributed by atoms with van der Waals surface area (Å²) in [5, 5.41) is 10.5. The van der Waals surface area contributed by atoms with Gasteiger partial charge in [0.05, 0.1) is 37.3 Å². The van der Waals surface area contributed by atoms with Gasteiger partial charge in [0.2, 0.25) is 0 Å². The van der Waals surface area contributed by atoms with Gasteiger partial charge in [-0.15, -0.1) is 0 Å². The number of methoxy groups -OCH3 is 1. The topological polar surface area (TPSA) is 96.5 Å². The average Bonchev–Trinajstić information content (AvgIpc) is 3.32. The zero-order valence-electron chi connectivity index (χ0n) is 15.5. The normalized spacial score (nSPS) is 18.9. The van der Waals surface area contributed by atoms with Crippen LogP contribution < -0.4 is 5.32 Å². The molecule has 1 aromatic heterocycles. The van der Waals surface area contributed by atoms with Crippen molar-refractivity contribution in [1.29, 1.82) is 0 Å². The molecule has 1 fully saturated rings. The van der Waals surface area contributed by atoms with Gasteiger partial charge in [-0.3, -0.25) is 0 Å². The summed E-state index contributed by atoms with van der Waals surface area (Å²) in [5.74, 6) is -2.11. The van der Waals surface area contributed by atoms with Gasteiger partial charge < -0.3 is 24.9 Å². The van der Waals surface area contributed by atoms with Gasteiger partial charge in [0.25, 0.3) is 0 Å². The number of nitrogens with one attached hydrogen (secondary N) is 2. The van der Waals surface area contributed by atoms with Crippen LogP contribution in [0.1, 0.15) is 18.3 Å². The summed E-state index contributed by atoms with van der Waals surface area (Å²) in [5.41, 5.74) is 1.81. The molecule has 1 saturated heterocycles. The largest absolute Gasteiger partial charge is 0.490 e. The molecule has 29 heavy (non-hydrogen) atoms. The number of aliphatic carboxylic acids is 1. The molecule has 7 nitrogen and oxygen atoms in total. The number of aromatic amines is 1. The van der Waals surface area contributed by atoms with Crippen molar-refractivity contribution < 1.29 is 36.9 Å². The third kappa shape index (κ3) is 7.11. The van der Waals surface area contributed by atoms with Crippen molar-refractivity contribution in [3.63, 3.8) is 0 Å². The fourth-order valence-electron chi connectivity index (χ4n) is 2.63. The van der Waals surface area contributed by atoms with Crippen LogP contribution in [0.25, 0.3) is 11.3 Å². The maximum absolute atomic E-state index is 13.0. The number of carboxylic acid groups (broad SMARTS) is 1. The standard InChI is InChI=1S/C16H20FN3O2.C2HF3O2/c1-21-6-7-22-13-8-14(18-9-13)16-19-10-15(20-16)11-2-4-12(17)5-3-11;3-2(4,5)1(6)7/h2-5,10,13-14,18H,6-9H2,1H3,(H,19,20);(H,6,7)/t13-,14+;/m1./s1.